The van der Waals surface area contributed by atoms with Crippen LogP contribution in [-0.2, 0) is 6.42 Å². The van der Waals surface area contributed by atoms with Crippen LogP contribution in [0.15, 0.2) is 33.6 Å². The second kappa shape index (κ2) is 6.48. The van der Waals surface area contributed by atoms with E-state index in [-0.39, 0.29) is 5.50 Å². The number of H-pyrrole nitrogens is 1. The van der Waals surface area contributed by atoms with E-state index in [0.717, 1.165) is 33.0 Å². The molecule has 0 aliphatic carbocycles. The summed E-state index contributed by atoms with van der Waals surface area (Å²) in [5.74, 6) is 0. The van der Waals surface area contributed by atoms with E-state index >= 15 is 0 Å². The molecule has 25 heavy (non-hydrogen) atoms. The van der Waals surface area contributed by atoms with Crippen molar-refractivity contribution in [3.63, 3.8) is 0 Å². The van der Waals surface area contributed by atoms with Gasteiger partial charge in [-0.05, 0) is 30.3 Å². The van der Waals surface area contributed by atoms with Crippen LogP contribution in [0.3, 0.4) is 0 Å². The zero-order valence-corrected chi connectivity index (χ0v) is 16.0. The Morgan fingerprint density at radius 1 is 1.44 bits per heavy atom. The summed E-state index contributed by atoms with van der Waals surface area (Å²) in [6.45, 7) is 2.00. The van der Waals surface area contributed by atoms with Gasteiger partial charge in [-0.1, -0.05) is 30.7 Å². The van der Waals surface area contributed by atoms with Gasteiger partial charge in [-0.2, -0.15) is 0 Å². The number of fused-ring (bicyclic) bond motifs is 2. The predicted octanol–water partition coefficient (Wildman–Crippen LogP) is 2.94. The molecule has 5 nitrogen and oxygen atoms in total. The highest BCUT2D eigenvalue weighted by molar-refractivity contribution is 8.01. The monoisotopic (exact) mass is 390 g/mol. The minimum atomic E-state index is -0.233. The summed E-state index contributed by atoms with van der Waals surface area (Å²) in [7, 11) is 1.88. The van der Waals surface area contributed by atoms with E-state index in [1.807, 2.05) is 37.1 Å². The quantitative estimate of drug-likeness (QED) is 0.549. The Balaban J connectivity index is 1.77. The topological polar surface area (TPSA) is 61.4 Å². The molecular weight excluding hydrogens is 376 g/mol. The van der Waals surface area contributed by atoms with E-state index in [9.17, 15) is 4.79 Å². The largest absolute Gasteiger partial charge is 0.343 e. The van der Waals surface area contributed by atoms with Gasteiger partial charge in [0, 0.05) is 18.3 Å². The van der Waals surface area contributed by atoms with Gasteiger partial charge in [0.05, 0.1) is 15.4 Å². The van der Waals surface area contributed by atoms with E-state index in [1.165, 1.54) is 0 Å². The maximum absolute atomic E-state index is 11.5. The predicted molar refractivity (Wildman–Crippen MR) is 103 cm³/mol. The Labute approximate surface area is 157 Å². The molecule has 0 spiro atoms. The van der Waals surface area contributed by atoms with Crippen LogP contribution < -0.4 is 10.7 Å². The van der Waals surface area contributed by atoms with Gasteiger partial charge in [0.25, 0.3) is 0 Å². The molecule has 3 heterocycles. The average molecular weight is 391 g/mol. The van der Waals surface area contributed by atoms with Crippen molar-refractivity contribution in [2.45, 2.75) is 23.2 Å². The molecule has 2 aromatic heterocycles. The molecule has 1 N–H and O–H groups in total. The summed E-state index contributed by atoms with van der Waals surface area (Å²) in [6, 6.07) is 8.06. The van der Waals surface area contributed by atoms with Gasteiger partial charge in [0.1, 0.15) is 10.6 Å². The van der Waals surface area contributed by atoms with Crippen molar-refractivity contribution in [3.05, 3.63) is 46.2 Å². The maximum atomic E-state index is 11.5. The molecule has 1 aliphatic rings. The Kier molecular flexibility index (Phi) is 4.31. The third-order valence-electron chi connectivity index (χ3n) is 4.14. The van der Waals surface area contributed by atoms with Crippen molar-refractivity contribution in [2.24, 2.45) is 4.99 Å². The first-order valence-electron chi connectivity index (χ1n) is 7.81. The Hall–Kier alpha value is -1.83. The van der Waals surface area contributed by atoms with E-state index in [4.69, 9.17) is 16.6 Å². The number of thiazole rings is 1. The van der Waals surface area contributed by atoms with Crippen LogP contribution in [0.25, 0.3) is 15.4 Å². The second-order valence-corrected chi connectivity index (χ2v) is 8.33. The van der Waals surface area contributed by atoms with Gasteiger partial charge in [0.2, 0.25) is 0 Å². The smallest absolute Gasteiger partial charge is 0.178 e. The fourth-order valence-electron chi connectivity index (χ4n) is 2.83. The number of nitrogens with zero attached hydrogens (tertiary/aromatic N) is 3. The summed E-state index contributed by atoms with van der Waals surface area (Å²) >= 11 is 9.75. The number of aromatic nitrogens is 2. The van der Waals surface area contributed by atoms with Gasteiger partial charge in [-0.25, -0.2) is 9.98 Å². The number of hydrogen-bond acceptors (Lipinski definition) is 6. The number of halogens is 1. The molecule has 8 heteroatoms. The third-order valence-corrected chi connectivity index (χ3v) is 6.89. The number of thioether (sulfide) groups is 1. The molecule has 128 valence electrons. The van der Waals surface area contributed by atoms with Gasteiger partial charge in [0.15, 0.2) is 16.1 Å². The molecule has 0 amide bonds. The number of carbonyl (C=O) groups excluding carboxylic acids is 1. The number of benzene rings is 1. The molecule has 0 bridgehead atoms. The van der Waals surface area contributed by atoms with Crippen molar-refractivity contribution in [1.82, 2.24) is 14.9 Å². The molecule has 0 fully saturated rings. The van der Waals surface area contributed by atoms with Crippen LogP contribution in [0.2, 0.25) is 0 Å². The van der Waals surface area contributed by atoms with Crippen molar-refractivity contribution < 1.29 is 4.79 Å². The number of rotatable bonds is 4. The van der Waals surface area contributed by atoms with Crippen LogP contribution in [-0.4, -0.2) is 33.7 Å². The highest BCUT2D eigenvalue weighted by Crippen LogP contribution is 2.35. The number of aldehydes is 1. The summed E-state index contributed by atoms with van der Waals surface area (Å²) in [5, 5.41) is 1.22. The van der Waals surface area contributed by atoms with E-state index in [2.05, 4.69) is 16.0 Å². The Morgan fingerprint density at radius 3 is 2.96 bits per heavy atom. The normalized spacial score (nSPS) is 16.8. The first-order chi connectivity index (χ1) is 12.1. The van der Waals surface area contributed by atoms with Crippen LogP contribution in [0.1, 0.15) is 23.0 Å². The average Bonchev–Trinajstić information content (AvgIpc) is 3.19. The number of para-hydroxylation sites is 1. The fraction of sp³-hybridized carbons (Fsp3) is 0.235. The molecule has 0 radical (unpaired) electrons. The number of aromatic amines is 1. The van der Waals surface area contributed by atoms with Crippen LogP contribution in [0.5, 0.6) is 0 Å². The molecule has 1 aliphatic heterocycles. The molecule has 4 rings (SSSR count). The lowest BCUT2D eigenvalue weighted by Crippen LogP contribution is -2.41. The van der Waals surface area contributed by atoms with Crippen molar-refractivity contribution in [3.8, 4) is 0 Å². The molecule has 0 saturated carbocycles. The van der Waals surface area contributed by atoms with Gasteiger partial charge in [-0.3, -0.25) is 4.79 Å². The Morgan fingerprint density at radius 2 is 2.24 bits per heavy atom. The molecule has 1 atom stereocenters. The number of hydrogen-bond donors (Lipinski definition) is 1. The Bertz CT molecular complexity index is 1050. The number of carbonyl (C=O) groups is 1. The molecule has 1 aromatic carbocycles. The van der Waals surface area contributed by atoms with Gasteiger partial charge >= 0.3 is 0 Å². The number of nitrogens with one attached hydrogen (secondary N) is 1. The lowest BCUT2D eigenvalue weighted by atomic mass is 10.2. The molecule has 3 aromatic rings. The van der Waals surface area contributed by atoms with Crippen LogP contribution >= 0.6 is 34.7 Å². The first kappa shape index (κ1) is 16.6. The summed E-state index contributed by atoms with van der Waals surface area (Å²) in [6.07, 6.45) is 1.57. The zero-order valence-electron chi connectivity index (χ0n) is 13.6. The van der Waals surface area contributed by atoms with Gasteiger partial charge in [-0.15, -0.1) is 11.3 Å². The molecule has 1 unspecified atom stereocenters. The lowest BCUT2D eigenvalue weighted by molar-refractivity contribution is 0.112. The minimum Gasteiger partial charge on any atom is -0.343 e. The van der Waals surface area contributed by atoms with Crippen molar-refractivity contribution >= 4 is 56.4 Å². The molecule has 0 saturated heterocycles. The molecular formula is C17H15ClN4OS2. The van der Waals surface area contributed by atoms with E-state index < -0.39 is 0 Å². The van der Waals surface area contributed by atoms with E-state index in [0.29, 0.717) is 21.4 Å². The summed E-state index contributed by atoms with van der Waals surface area (Å²) < 4.78 is 2.09. The highest BCUT2D eigenvalue weighted by Gasteiger charge is 2.25. The van der Waals surface area contributed by atoms with Crippen LogP contribution in [0.4, 0.5) is 0 Å². The number of aryl methyl sites for hydroxylation is 1. The standard InChI is InChI=1S/C17H15ClN4OS2/c1-3-10-9(8-23)13-14(18)22(2)16(21-15(13)19-10)25-17-20-11-6-4-5-7-12(11)24-17/h4-8,16H,3H2,1-2H3,(H,19,21). The second-order valence-electron chi connectivity index (χ2n) is 5.63. The van der Waals surface area contributed by atoms with Crippen molar-refractivity contribution in [2.75, 3.05) is 7.05 Å². The summed E-state index contributed by atoms with van der Waals surface area (Å²) in [4.78, 5) is 26.0. The summed E-state index contributed by atoms with van der Waals surface area (Å²) in [5.41, 5.74) is 2.88. The minimum absolute atomic E-state index is 0.233. The maximum Gasteiger partial charge on any atom is 0.178 e. The van der Waals surface area contributed by atoms with Gasteiger partial charge < -0.3 is 9.88 Å². The third kappa shape index (κ3) is 2.76. The fourth-order valence-corrected chi connectivity index (χ4v) is 5.34. The SMILES string of the molecule is CCc1[nH]c2c(c1C=O)=C(Cl)N(C)C(Sc1nc3ccccc3s1)N=2. The first-order valence-corrected chi connectivity index (χ1v) is 9.88. The zero-order chi connectivity index (χ0) is 17.6. The van der Waals surface area contributed by atoms with Crippen molar-refractivity contribution in [1.29, 1.82) is 0 Å². The lowest BCUT2D eigenvalue weighted by Gasteiger charge is -2.26. The van der Waals surface area contributed by atoms with Crippen LogP contribution in [0, 0.1) is 0 Å². The van der Waals surface area contributed by atoms with E-state index in [1.54, 1.807) is 23.1 Å². The highest BCUT2D eigenvalue weighted by atomic mass is 35.5.